The second-order valence-electron chi connectivity index (χ2n) is 20.5. The number of hydrogen-bond donors (Lipinski definition) is 3. The predicted molar refractivity (Wildman–Crippen MR) is 326 cm³/mol. The average molecular weight is 1270 g/mol. The lowest BCUT2D eigenvalue weighted by Crippen LogP contribution is -2.45. The zero-order chi connectivity index (χ0) is 61.9. The maximum atomic E-state index is 13.5. The largest absolute Gasteiger partial charge is 0.491 e. The molecule has 4 atom stereocenters. The molecule has 4 unspecified atom stereocenters. The Balaban J connectivity index is 0.000000330. The van der Waals surface area contributed by atoms with E-state index >= 15 is 0 Å². The average Bonchev–Trinajstić information content (AvgIpc) is 1.68. The summed E-state index contributed by atoms with van der Waals surface area (Å²) in [6.45, 7) is 20.9. The molecule has 22 nitrogen and oxygen atoms in total. The van der Waals surface area contributed by atoms with Crippen LogP contribution in [0.15, 0.2) is 67.5 Å². The lowest BCUT2D eigenvalue weighted by atomic mass is 9.99. The Morgan fingerprint density at radius 3 is 2.00 bits per heavy atom. The lowest BCUT2D eigenvalue weighted by molar-refractivity contribution is -0.136. The summed E-state index contributed by atoms with van der Waals surface area (Å²) in [6.07, 6.45) is 9.69. The second kappa shape index (κ2) is 40.8. The minimum absolute atomic E-state index is 0.0337. The van der Waals surface area contributed by atoms with Crippen molar-refractivity contribution >= 4 is 56.3 Å². The fourth-order valence-electron chi connectivity index (χ4n) is 8.63. The van der Waals surface area contributed by atoms with Crippen molar-refractivity contribution in [2.75, 3.05) is 155 Å². The van der Waals surface area contributed by atoms with Gasteiger partial charge in [-0.15, -0.1) is 11.7 Å². The molecule has 0 saturated carbocycles. The first kappa shape index (κ1) is 72.1. The summed E-state index contributed by atoms with van der Waals surface area (Å²) in [7, 11) is 0.0421. The summed E-state index contributed by atoms with van der Waals surface area (Å²) in [5.41, 5.74) is 3.66. The first-order valence-corrected chi connectivity index (χ1v) is 33.0. The van der Waals surface area contributed by atoms with Gasteiger partial charge < -0.3 is 67.2 Å². The van der Waals surface area contributed by atoms with Crippen molar-refractivity contribution in [2.45, 2.75) is 71.9 Å². The van der Waals surface area contributed by atoms with Crippen LogP contribution >= 0.6 is 27.9 Å². The molecule has 2 aliphatic rings. The SMILES string of the molecule is C=CC1CN(c2cc(Cl)nc3c2cnn3C2CCC(CC)O2)C1.CC(C)C[P+](C)(O)CPO.CNc1ccc(OCCOCCOCCOCCOCc2cn(CCOCCOCCOCCOCCC(=O)Oc3c(F)cc(F)cc3F)nn2)cc1. The van der Waals surface area contributed by atoms with E-state index in [0.29, 0.717) is 146 Å². The van der Waals surface area contributed by atoms with Gasteiger partial charge >= 0.3 is 5.97 Å². The molecule has 28 heteroatoms. The third-order valence-electron chi connectivity index (χ3n) is 12.9. The number of rotatable bonds is 40. The van der Waals surface area contributed by atoms with Crippen LogP contribution in [0.2, 0.25) is 5.15 Å². The second-order valence-corrected chi connectivity index (χ2v) is 25.5. The molecule has 3 N–H and O–H groups in total. The Labute approximate surface area is 509 Å². The summed E-state index contributed by atoms with van der Waals surface area (Å²) in [6, 6.07) is 10.5. The number of nitrogens with one attached hydrogen (secondary N) is 1. The minimum Gasteiger partial charge on any atom is -0.491 e. The molecule has 3 aromatic heterocycles. The van der Waals surface area contributed by atoms with E-state index in [1.165, 1.54) is 0 Å². The van der Waals surface area contributed by atoms with Crippen LogP contribution in [-0.2, 0) is 60.6 Å². The van der Waals surface area contributed by atoms with Crippen LogP contribution in [-0.4, -0.2) is 196 Å². The zero-order valence-corrected chi connectivity index (χ0v) is 52.7. The summed E-state index contributed by atoms with van der Waals surface area (Å²) in [4.78, 5) is 36.8. The van der Waals surface area contributed by atoms with Gasteiger partial charge in [0.2, 0.25) is 5.75 Å². The molecule has 2 aliphatic heterocycles. The van der Waals surface area contributed by atoms with Gasteiger partial charge in [0.15, 0.2) is 23.5 Å². The summed E-state index contributed by atoms with van der Waals surface area (Å²) >= 11 is 6.27. The molecule has 7 rings (SSSR count). The number of carbonyl (C=O) groups excluding carboxylic acids is 1. The number of ether oxygens (including phenoxy) is 11. The smallest absolute Gasteiger partial charge is 0.313 e. The Morgan fingerprint density at radius 1 is 0.860 bits per heavy atom. The van der Waals surface area contributed by atoms with Crippen molar-refractivity contribution < 1.29 is 79.9 Å². The van der Waals surface area contributed by atoms with Gasteiger partial charge in [-0.25, -0.2) is 27.5 Å². The van der Waals surface area contributed by atoms with Gasteiger partial charge in [0, 0.05) is 43.9 Å². The first-order chi connectivity index (χ1) is 41.6. The number of halogens is 4. The maximum absolute atomic E-state index is 13.5. The van der Waals surface area contributed by atoms with E-state index in [9.17, 15) is 22.9 Å². The third-order valence-corrected chi connectivity index (χ3v) is 17.9. The van der Waals surface area contributed by atoms with Gasteiger partial charge in [-0.05, 0) is 55.5 Å². The van der Waals surface area contributed by atoms with Crippen molar-refractivity contribution in [3.05, 3.63) is 95.8 Å². The van der Waals surface area contributed by atoms with E-state index in [4.69, 9.17) is 63.9 Å². The summed E-state index contributed by atoms with van der Waals surface area (Å²) < 4.78 is 104. The number of nitrogens with zero attached hydrogens (tertiary/aromatic N) is 7. The van der Waals surface area contributed by atoms with Crippen molar-refractivity contribution in [2.24, 2.45) is 11.8 Å². The Morgan fingerprint density at radius 2 is 1.44 bits per heavy atom. The number of hydrogen-bond acceptors (Lipinski definition) is 20. The van der Waals surface area contributed by atoms with Crippen LogP contribution in [0.1, 0.15) is 58.4 Å². The van der Waals surface area contributed by atoms with Gasteiger partial charge in [0.05, 0.1) is 170 Å². The van der Waals surface area contributed by atoms with Crippen LogP contribution in [0.4, 0.5) is 24.5 Å². The normalized spacial score (nSPS) is 15.8. The zero-order valence-electron chi connectivity index (χ0n) is 50.1. The number of anilines is 2. The van der Waals surface area contributed by atoms with E-state index in [-0.39, 0.29) is 41.3 Å². The molecular weight excluding hydrogens is 1190 g/mol. The molecule has 0 aliphatic carbocycles. The topological polar surface area (TPSA) is 236 Å². The summed E-state index contributed by atoms with van der Waals surface area (Å²) in [5, 5.41) is 17.3. The highest BCUT2D eigenvalue weighted by atomic mass is 35.5. The third kappa shape index (κ3) is 27.4. The van der Waals surface area contributed by atoms with E-state index in [1.54, 1.807) is 10.9 Å². The van der Waals surface area contributed by atoms with Crippen molar-refractivity contribution in [1.29, 1.82) is 0 Å². The Hall–Kier alpha value is -4.69. The van der Waals surface area contributed by atoms with Crippen LogP contribution < -0.4 is 19.7 Å². The van der Waals surface area contributed by atoms with E-state index in [2.05, 4.69) is 62.7 Å². The van der Waals surface area contributed by atoms with Crippen molar-refractivity contribution in [3.63, 3.8) is 0 Å². The number of carbonyl (C=O) groups is 1. The molecule has 2 aromatic carbocycles. The highest BCUT2D eigenvalue weighted by molar-refractivity contribution is 7.76. The highest BCUT2D eigenvalue weighted by Gasteiger charge is 2.31. The van der Waals surface area contributed by atoms with Crippen LogP contribution in [0.25, 0.3) is 11.0 Å². The quantitative estimate of drug-likeness (QED) is 0.00828. The predicted octanol–water partition coefficient (Wildman–Crippen LogP) is 8.98. The van der Waals surface area contributed by atoms with Crippen LogP contribution in [0.5, 0.6) is 11.5 Å². The first-order valence-electron chi connectivity index (χ1n) is 28.9. The Bertz CT molecular complexity index is 2680. The molecule has 0 bridgehead atoms. The Kier molecular flexibility index (Phi) is 34.2. The van der Waals surface area contributed by atoms with Gasteiger partial charge in [0.1, 0.15) is 42.4 Å². The van der Waals surface area contributed by atoms with E-state index in [1.807, 2.05) is 61.0 Å². The number of pyridine rings is 1. The fourth-order valence-corrected chi connectivity index (χ4v) is 12.1. The number of fused-ring (bicyclic) bond motifs is 1. The maximum Gasteiger partial charge on any atom is 0.313 e. The molecule has 86 heavy (non-hydrogen) atoms. The number of benzene rings is 2. The molecule has 0 amide bonds. The standard InChI is InChI=1S/C35H49F3N4O11.C17H21ClN4O.C6H17O2P2/c1-39-29-2-4-31(5-3-29)52-23-22-50-19-18-48-16-17-49-20-21-51-27-30-26-42(41-40-30)7-9-45-11-13-47-15-14-46-12-10-44-8-6-34(43)53-35-32(37)24-28(36)25-33(35)38;1-3-11-9-21(10-11)14-7-15(18)20-17-13(14)8-19-22(17)16-6-5-12(4-2)23-16;1-6(2)4-10(3,8)5-9-7/h2-5,24-26,39H,6-23,27H2,1H3;3,7-8,11-12,16H,1,4-6,9-10H2,2H3;6-9H,4-5H2,1-3H3/q;;+1. The molecule has 2 fully saturated rings. The molecule has 2 saturated heterocycles. The molecule has 480 valence electrons. The van der Waals surface area contributed by atoms with Gasteiger partial charge in [-0.3, -0.25) is 9.69 Å². The summed E-state index contributed by atoms with van der Waals surface area (Å²) in [5.74, 6) is -3.06. The minimum atomic E-state index is -1.74. The monoisotopic (exact) mass is 1270 g/mol. The van der Waals surface area contributed by atoms with Gasteiger partial charge in [0.25, 0.3) is 0 Å². The lowest BCUT2D eigenvalue weighted by Gasteiger charge is -2.39. The molecule has 5 heterocycles. The highest BCUT2D eigenvalue weighted by Crippen LogP contribution is 2.55. The molecule has 0 radical (unpaired) electrons. The van der Waals surface area contributed by atoms with E-state index in [0.717, 1.165) is 66.7 Å². The van der Waals surface area contributed by atoms with Gasteiger partial charge in [-0.2, -0.15) is 5.10 Å². The molecule has 0 spiro atoms. The van der Waals surface area contributed by atoms with Crippen LogP contribution in [0, 0.1) is 29.3 Å². The fraction of sp³-hybridized carbons (Fsp3) is 0.603. The molecular formula is C58H87ClF3N8O14P2+. The molecule has 5 aromatic rings. The number of esters is 1. The van der Waals surface area contributed by atoms with Crippen molar-refractivity contribution in [3.8, 4) is 11.5 Å². The van der Waals surface area contributed by atoms with E-state index < -0.39 is 36.7 Å². The van der Waals surface area contributed by atoms with Crippen molar-refractivity contribution in [1.82, 2.24) is 29.8 Å². The van der Waals surface area contributed by atoms with Gasteiger partial charge in [-0.1, -0.05) is 43.7 Å². The van der Waals surface area contributed by atoms with Crippen LogP contribution in [0.3, 0.4) is 0 Å². The number of aromatic nitrogens is 6.